The van der Waals surface area contributed by atoms with Gasteiger partial charge in [-0.3, -0.25) is 4.79 Å². The first-order chi connectivity index (χ1) is 16.2. The van der Waals surface area contributed by atoms with Gasteiger partial charge in [0, 0.05) is 11.1 Å². The molecule has 7 heteroatoms. The van der Waals surface area contributed by atoms with Crippen LogP contribution in [0.5, 0.6) is 23.0 Å². The maximum absolute atomic E-state index is 13.0. The number of aryl methyl sites for hydroxylation is 1. The molecule has 0 aliphatic carbocycles. The number of carbonyl (C=O) groups excluding carboxylic acids is 2. The van der Waals surface area contributed by atoms with Crippen molar-refractivity contribution < 1.29 is 33.6 Å². The summed E-state index contributed by atoms with van der Waals surface area (Å²) in [6.07, 6.45) is 1.03. The second kappa shape index (κ2) is 10.9. The largest absolute Gasteiger partial charge is 0.495 e. The van der Waals surface area contributed by atoms with Gasteiger partial charge in [0.15, 0.2) is 11.5 Å². The Morgan fingerprint density at radius 3 is 2.50 bits per heavy atom. The third kappa shape index (κ3) is 5.36. The minimum Gasteiger partial charge on any atom is -0.495 e. The zero-order valence-corrected chi connectivity index (χ0v) is 20.8. The fraction of sp³-hybridized carbons (Fsp3) is 0.481. The highest BCUT2D eigenvalue weighted by Crippen LogP contribution is 2.44. The molecule has 0 radical (unpaired) electrons. The number of esters is 2. The monoisotopic (exact) mass is 470 g/mol. The zero-order chi connectivity index (χ0) is 25.0. The summed E-state index contributed by atoms with van der Waals surface area (Å²) in [7, 11) is 1.44. The fourth-order valence-corrected chi connectivity index (χ4v) is 4.17. The number of hydrogen-bond acceptors (Lipinski definition) is 7. The molecule has 0 spiro atoms. The number of cyclic esters (lactones) is 1. The Morgan fingerprint density at radius 1 is 1.18 bits per heavy atom. The Balaban J connectivity index is 2.10. The van der Waals surface area contributed by atoms with Crippen LogP contribution in [0.4, 0.5) is 0 Å². The van der Waals surface area contributed by atoms with E-state index in [-0.39, 0.29) is 47.2 Å². The Labute approximate surface area is 201 Å². The second-order valence-corrected chi connectivity index (χ2v) is 9.07. The number of hydrogen-bond donors (Lipinski definition) is 1. The predicted octanol–water partition coefficient (Wildman–Crippen LogP) is 5.89. The summed E-state index contributed by atoms with van der Waals surface area (Å²) in [4.78, 5) is 25.7. The molecule has 3 rings (SSSR count). The van der Waals surface area contributed by atoms with Crippen molar-refractivity contribution in [2.24, 2.45) is 11.8 Å². The van der Waals surface area contributed by atoms with Crippen molar-refractivity contribution in [2.45, 2.75) is 66.6 Å². The number of aliphatic hydroxyl groups excluding tert-OH is 1. The summed E-state index contributed by atoms with van der Waals surface area (Å²) in [6, 6.07) is 6.86. The number of carbonyl (C=O) groups is 2. The van der Waals surface area contributed by atoms with Gasteiger partial charge >= 0.3 is 11.9 Å². The third-order valence-electron chi connectivity index (χ3n) is 5.99. The molecule has 0 aromatic heterocycles. The summed E-state index contributed by atoms with van der Waals surface area (Å²) in [5.41, 5.74) is 2.01. The van der Waals surface area contributed by atoms with E-state index < -0.39 is 12.1 Å². The highest BCUT2D eigenvalue weighted by Gasteiger charge is 2.31. The molecule has 0 saturated heterocycles. The summed E-state index contributed by atoms with van der Waals surface area (Å²) >= 11 is 0. The SMILES string of the molecule is CCC(CC)C(=O)Oc1cc(C)cc2c1Oc1ccc([C@@H](O)CC(C)C)c(OC)c1C(=O)OC2. The molecule has 7 nitrogen and oxygen atoms in total. The van der Waals surface area contributed by atoms with E-state index in [0.29, 0.717) is 36.1 Å². The lowest BCUT2D eigenvalue weighted by Crippen LogP contribution is -2.20. The molecule has 1 aliphatic rings. The van der Waals surface area contributed by atoms with Gasteiger partial charge in [-0.15, -0.1) is 0 Å². The minimum atomic E-state index is -0.815. The lowest BCUT2D eigenvalue weighted by atomic mass is 9.96. The van der Waals surface area contributed by atoms with Crippen molar-refractivity contribution in [1.82, 2.24) is 0 Å². The molecule has 1 heterocycles. The number of ether oxygens (including phenoxy) is 4. The first kappa shape index (κ1) is 25.6. The molecule has 0 amide bonds. The van der Waals surface area contributed by atoms with Crippen LogP contribution in [0.15, 0.2) is 24.3 Å². The Hall–Kier alpha value is -3.06. The van der Waals surface area contributed by atoms with Gasteiger partial charge in [-0.25, -0.2) is 4.79 Å². The number of fused-ring (bicyclic) bond motifs is 2. The molecule has 0 saturated carbocycles. The van der Waals surface area contributed by atoms with Crippen molar-refractivity contribution in [3.05, 3.63) is 46.5 Å². The average Bonchev–Trinajstić information content (AvgIpc) is 2.77. The van der Waals surface area contributed by atoms with Crippen molar-refractivity contribution >= 4 is 11.9 Å². The van der Waals surface area contributed by atoms with E-state index in [1.54, 1.807) is 18.2 Å². The van der Waals surface area contributed by atoms with E-state index in [1.807, 2.05) is 40.7 Å². The van der Waals surface area contributed by atoms with Gasteiger partial charge in [-0.05, 0) is 61.9 Å². The number of benzene rings is 2. The van der Waals surface area contributed by atoms with Crippen LogP contribution in [0.3, 0.4) is 0 Å². The maximum Gasteiger partial charge on any atom is 0.346 e. The van der Waals surface area contributed by atoms with E-state index in [1.165, 1.54) is 7.11 Å². The van der Waals surface area contributed by atoms with Gasteiger partial charge in [-0.2, -0.15) is 0 Å². The van der Waals surface area contributed by atoms with E-state index in [4.69, 9.17) is 18.9 Å². The molecule has 0 fully saturated rings. The Bertz CT molecular complexity index is 1050. The van der Waals surface area contributed by atoms with Crippen molar-refractivity contribution in [2.75, 3.05) is 7.11 Å². The molecular weight excluding hydrogens is 436 g/mol. The first-order valence-electron chi connectivity index (χ1n) is 11.8. The second-order valence-electron chi connectivity index (χ2n) is 9.07. The van der Waals surface area contributed by atoms with E-state index >= 15 is 0 Å². The van der Waals surface area contributed by atoms with E-state index in [2.05, 4.69) is 0 Å². The summed E-state index contributed by atoms with van der Waals surface area (Å²) in [6.45, 7) is 9.70. The van der Waals surface area contributed by atoms with Crippen molar-refractivity contribution in [3.63, 3.8) is 0 Å². The van der Waals surface area contributed by atoms with Crippen LogP contribution in [0, 0.1) is 18.8 Å². The standard InChI is InChI=1S/C27H34O7/c1-7-17(8-2)26(29)34-22-13-16(5)12-18-14-32-27(30)23-21(33-24(18)22)10-9-19(25(23)31-6)20(28)11-15(3)4/h9-10,12-13,15,17,20,28H,7-8,11,14H2,1-6H3/t20-/m0/s1. The molecule has 0 bridgehead atoms. The summed E-state index contributed by atoms with van der Waals surface area (Å²) in [5, 5.41) is 10.7. The topological polar surface area (TPSA) is 91.3 Å². The molecule has 2 aromatic rings. The van der Waals surface area contributed by atoms with Crippen LogP contribution in [0.2, 0.25) is 0 Å². The van der Waals surface area contributed by atoms with Gasteiger partial charge in [0.2, 0.25) is 0 Å². The molecule has 34 heavy (non-hydrogen) atoms. The lowest BCUT2D eigenvalue weighted by molar-refractivity contribution is -0.139. The average molecular weight is 471 g/mol. The minimum absolute atomic E-state index is 0.0627. The molecule has 2 aromatic carbocycles. The molecule has 1 aliphatic heterocycles. The van der Waals surface area contributed by atoms with Gasteiger partial charge in [0.1, 0.15) is 23.7 Å². The quantitative estimate of drug-likeness (QED) is 0.380. The van der Waals surface area contributed by atoms with Gasteiger partial charge in [0.05, 0.1) is 19.1 Å². The Morgan fingerprint density at radius 2 is 1.88 bits per heavy atom. The number of aliphatic hydroxyl groups is 1. The highest BCUT2D eigenvalue weighted by molar-refractivity contribution is 5.96. The van der Waals surface area contributed by atoms with Gasteiger partial charge in [0.25, 0.3) is 0 Å². The van der Waals surface area contributed by atoms with E-state index in [0.717, 1.165) is 5.56 Å². The van der Waals surface area contributed by atoms with Crippen LogP contribution < -0.4 is 14.2 Å². The molecular formula is C27H34O7. The van der Waals surface area contributed by atoms with Gasteiger partial charge < -0.3 is 24.1 Å². The van der Waals surface area contributed by atoms with Crippen LogP contribution in [-0.2, 0) is 16.1 Å². The molecule has 184 valence electrons. The van der Waals surface area contributed by atoms with Crippen molar-refractivity contribution in [1.29, 1.82) is 0 Å². The highest BCUT2D eigenvalue weighted by atomic mass is 16.6. The summed E-state index contributed by atoms with van der Waals surface area (Å²) < 4.78 is 23.1. The Kier molecular flexibility index (Phi) is 8.20. The van der Waals surface area contributed by atoms with Gasteiger partial charge in [-0.1, -0.05) is 27.7 Å². The van der Waals surface area contributed by atoms with Crippen LogP contribution in [0.1, 0.15) is 80.1 Å². The summed E-state index contributed by atoms with van der Waals surface area (Å²) in [5.74, 6) is 0.0782. The molecule has 1 atom stereocenters. The fourth-order valence-electron chi connectivity index (χ4n) is 4.17. The lowest BCUT2D eigenvalue weighted by Gasteiger charge is -2.24. The third-order valence-corrected chi connectivity index (χ3v) is 5.99. The molecule has 1 N–H and O–H groups in total. The number of rotatable bonds is 8. The molecule has 0 unspecified atom stereocenters. The predicted molar refractivity (Wildman–Crippen MR) is 127 cm³/mol. The van der Waals surface area contributed by atoms with Crippen LogP contribution >= 0.6 is 0 Å². The normalized spacial score (nSPS) is 13.9. The smallest absolute Gasteiger partial charge is 0.346 e. The first-order valence-corrected chi connectivity index (χ1v) is 11.8. The van der Waals surface area contributed by atoms with E-state index in [9.17, 15) is 14.7 Å². The zero-order valence-electron chi connectivity index (χ0n) is 20.8. The van der Waals surface area contributed by atoms with Crippen LogP contribution in [0.25, 0.3) is 0 Å². The maximum atomic E-state index is 13.0. The van der Waals surface area contributed by atoms with Crippen molar-refractivity contribution in [3.8, 4) is 23.0 Å². The van der Waals surface area contributed by atoms with Crippen LogP contribution in [-0.4, -0.2) is 24.2 Å². The number of methoxy groups -OCH3 is 1.